The van der Waals surface area contributed by atoms with E-state index >= 15 is 0 Å². The van der Waals surface area contributed by atoms with Gasteiger partial charge < -0.3 is 19.3 Å². The minimum absolute atomic E-state index is 0.0497. The van der Waals surface area contributed by atoms with Crippen LogP contribution in [0.5, 0.6) is 0 Å². The summed E-state index contributed by atoms with van der Waals surface area (Å²) in [6.07, 6.45) is -1.37. The molecule has 0 saturated carbocycles. The highest BCUT2D eigenvalue weighted by Crippen LogP contribution is 2.24. The van der Waals surface area contributed by atoms with Crippen molar-refractivity contribution in [2.75, 3.05) is 26.3 Å². The molecule has 1 fully saturated rings. The van der Waals surface area contributed by atoms with Crippen molar-refractivity contribution in [1.82, 2.24) is 9.80 Å². The lowest BCUT2D eigenvalue weighted by molar-refractivity contribution is -0.155. The number of rotatable bonds is 3. The largest absolute Gasteiger partial charge is 0.464 e. The molecule has 1 N–H and O–H groups in total. The fourth-order valence-corrected chi connectivity index (χ4v) is 2.68. The lowest BCUT2D eigenvalue weighted by Gasteiger charge is -2.45. The number of carbonyl (C=O) groups is 3. The normalized spacial score (nSPS) is 20.9. The topological polar surface area (TPSA) is 106 Å². The van der Waals surface area contributed by atoms with Gasteiger partial charge in [0.15, 0.2) is 6.04 Å². The lowest BCUT2D eigenvalue weighted by atomic mass is 10.0. The van der Waals surface area contributed by atoms with Crippen LogP contribution >= 0.6 is 0 Å². The van der Waals surface area contributed by atoms with Gasteiger partial charge in [0, 0.05) is 13.1 Å². The molecule has 0 aromatic rings. The molecule has 0 aliphatic carbocycles. The maximum Gasteiger partial charge on any atom is 0.411 e. The molecule has 2 atom stereocenters. The number of hydrogen-bond donors (Lipinski definition) is 1. The summed E-state index contributed by atoms with van der Waals surface area (Å²) in [7, 11) is 0. The zero-order valence-corrected chi connectivity index (χ0v) is 17.3. The van der Waals surface area contributed by atoms with Crippen LogP contribution in [-0.2, 0) is 19.0 Å². The van der Waals surface area contributed by atoms with Crippen molar-refractivity contribution < 1.29 is 33.7 Å². The summed E-state index contributed by atoms with van der Waals surface area (Å²) in [5.41, 5.74) is -1.49. The second-order valence-electron chi connectivity index (χ2n) is 8.29. The van der Waals surface area contributed by atoms with Gasteiger partial charge in [-0.05, 0) is 48.5 Å². The summed E-state index contributed by atoms with van der Waals surface area (Å²) in [4.78, 5) is 40.1. The highest BCUT2D eigenvalue weighted by atomic mass is 16.6. The molecule has 9 nitrogen and oxygen atoms in total. The molecule has 0 aromatic carbocycles. The van der Waals surface area contributed by atoms with E-state index in [1.54, 1.807) is 48.5 Å². The van der Waals surface area contributed by atoms with Gasteiger partial charge in [-0.2, -0.15) is 0 Å². The standard InChI is InChI=1S/C18H32N2O7/c1-8-25-14(22)13-12(11-21)19(15(23)26-17(2,3)4)9-10-20(13)16(24)27-18(5,6)7/h12-13,21H,8-11H2,1-7H3. The van der Waals surface area contributed by atoms with Gasteiger partial charge in [0.2, 0.25) is 0 Å². The van der Waals surface area contributed by atoms with Crippen molar-refractivity contribution in [3.63, 3.8) is 0 Å². The first-order valence-corrected chi connectivity index (χ1v) is 9.07. The Balaban J connectivity index is 3.15. The average molecular weight is 388 g/mol. The molecule has 2 unspecified atom stereocenters. The molecule has 1 rings (SSSR count). The fourth-order valence-electron chi connectivity index (χ4n) is 2.68. The minimum atomic E-state index is -1.19. The molecule has 27 heavy (non-hydrogen) atoms. The predicted molar refractivity (Wildman–Crippen MR) is 97.2 cm³/mol. The summed E-state index contributed by atoms with van der Waals surface area (Å²) >= 11 is 0. The number of ether oxygens (including phenoxy) is 3. The van der Waals surface area contributed by atoms with Gasteiger partial charge in [0.05, 0.1) is 19.3 Å². The number of nitrogens with zero attached hydrogens (tertiary/aromatic N) is 2. The van der Waals surface area contributed by atoms with Crippen LogP contribution in [-0.4, -0.2) is 82.7 Å². The van der Waals surface area contributed by atoms with E-state index in [0.717, 1.165) is 0 Å². The third-order valence-electron chi connectivity index (χ3n) is 3.65. The van der Waals surface area contributed by atoms with Crippen molar-refractivity contribution in [3.05, 3.63) is 0 Å². The maximum absolute atomic E-state index is 12.6. The third-order valence-corrected chi connectivity index (χ3v) is 3.65. The van der Waals surface area contributed by atoms with Crippen LogP contribution in [0.4, 0.5) is 9.59 Å². The van der Waals surface area contributed by atoms with Gasteiger partial charge in [-0.15, -0.1) is 0 Å². The van der Waals surface area contributed by atoms with E-state index < -0.39 is 48.0 Å². The van der Waals surface area contributed by atoms with Crippen LogP contribution in [0.1, 0.15) is 48.5 Å². The van der Waals surface area contributed by atoms with E-state index in [9.17, 15) is 19.5 Å². The number of hydrogen-bond acceptors (Lipinski definition) is 7. The van der Waals surface area contributed by atoms with Crippen molar-refractivity contribution in [3.8, 4) is 0 Å². The van der Waals surface area contributed by atoms with Gasteiger partial charge in [-0.1, -0.05) is 0 Å². The zero-order valence-electron chi connectivity index (χ0n) is 17.3. The van der Waals surface area contributed by atoms with Gasteiger partial charge in [0.1, 0.15) is 11.2 Å². The van der Waals surface area contributed by atoms with Crippen LogP contribution in [0.25, 0.3) is 0 Å². The summed E-state index contributed by atoms with van der Waals surface area (Å²) in [5, 5.41) is 9.89. The highest BCUT2D eigenvalue weighted by Gasteiger charge is 2.47. The molecular weight excluding hydrogens is 356 g/mol. The van der Waals surface area contributed by atoms with E-state index in [2.05, 4.69) is 0 Å². The van der Waals surface area contributed by atoms with Crippen LogP contribution in [0.2, 0.25) is 0 Å². The molecule has 1 aliphatic heterocycles. The van der Waals surface area contributed by atoms with Crippen molar-refractivity contribution >= 4 is 18.2 Å². The first-order chi connectivity index (χ1) is 12.3. The predicted octanol–water partition coefficient (Wildman–Crippen LogP) is 1.77. The molecule has 2 amide bonds. The molecule has 0 spiro atoms. The average Bonchev–Trinajstić information content (AvgIpc) is 2.50. The van der Waals surface area contributed by atoms with Crippen LogP contribution in [0.3, 0.4) is 0 Å². The molecule has 156 valence electrons. The number of esters is 1. The molecule has 1 heterocycles. The Morgan fingerprint density at radius 3 is 1.78 bits per heavy atom. The Hall–Kier alpha value is -2.03. The van der Waals surface area contributed by atoms with E-state index in [4.69, 9.17) is 14.2 Å². The molecular formula is C18H32N2O7. The number of amides is 2. The second-order valence-corrected chi connectivity index (χ2v) is 8.29. The van der Waals surface area contributed by atoms with E-state index in [-0.39, 0.29) is 19.7 Å². The number of aliphatic hydroxyl groups excluding tert-OH is 1. The zero-order chi connectivity index (χ0) is 21.0. The van der Waals surface area contributed by atoms with E-state index in [1.807, 2.05) is 0 Å². The number of piperazine rings is 1. The number of aliphatic hydroxyl groups is 1. The molecule has 1 saturated heterocycles. The fraction of sp³-hybridized carbons (Fsp3) is 0.833. The van der Waals surface area contributed by atoms with E-state index in [0.29, 0.717) is 0 Å². The Morgan fingerprint density at radius 1 is 0.926 bits per heavy atom. The van der Waals surface area contributed by atoms with Crippen molar-refractivity contribution in [1.29, 1.82) is 0 Å². The molecule has 0 aromatic heterocycles. The molecule has 9 heteroatoms. The first kappa shape index (κ1) is 23.0. The van der Waals surface area contributed by atoms with Gasteiger partial charge in [-0.3, -0.25) is 9.80 Å². The summed E-state index contributed by atoms with van der Waals surface area (Å²) < 4.78 is 15.8. The third kappa shape index (κ3) is 6.57. The minimum Gasteiger partial charge on any atom is -0.464 e. The Morgan fingerprint density at radius 2 is 1.37 bits per heavy atom. The molecule has 1 aliphatic rings. The van der Waals surface area contributed by atoms with Crippen LogP contribution in [0, 0.1) is 0 Å². The van der Waals surface area contributed by atoms with Crippen molar-refractivity contribution in [2.45, 2.75) is 71.8 Å². The van der Waals surface area contributed by atoms with Gasteiger partial charge >= 0.3 is 18.2 Å². The monoisotopic (exact) mass is 388 g/mol. The van der Waals surface area contributed by atoms with E-state index in [1.165, 1.54) is 9.80 Å². The lowest BCUT2D eigenvalue weighted by Crippen LogP contribution is -2.67. The number of carbonyl (C=O) groups excluding carboxylic acids is 3. The Bertz CT molecular complexity index is 551. The van der Waals surface area contributed by atoms with Gasteiger partial charge in [-0.25, -0.2) is 14.4 Å². The Labute approximate surface area is 160 Å². The summed E-state index contributed by atoms with van der Waals surface area (Å²) in [6, 6.07) is -2.19. The summed E-state index contributed by atoms with van der Waals surface area (Å²) in [5.74, 6) is -0.712. The highest BCUT2D eigenvalue weighted by molar-refractivity contribution is 5.84. The van der Waals surface area contributed by atoms with Gasteiger partial charge in [0.25, 0.3) is 0 Å². The first-order valence-electron chi connectivity index (χ1n) is 9.07. The Kier molecular flexibility index (Phi) is 7.48. The molecule has 0 radical (unpaired) electrons. The van der Waals surface area contributed by atoms with Crippen LogP contribution < -0.4 is 0 Å². The SMILES string of the molecule is CCOC(=O)C1C(CO)N(C(=O)OC(C)(C)C)CCN1C(=O)OC(C)(C)C. The van der Waals surface area contributed by atoms with Crippen LogP contribution in [0.15, 0.2) is 0 Å². The second kappa shape index (κ2) is 8.77. The summed E-state index contributed by atoms with van der Waals surface area (Å²) in [6.45, 7) is 11.6. The maximum atomic E-state index is 12.6. The quantitative estimate of drug-likeness (QED) is 0.580. The van der Waals surface area contributed by atoms with Crippen molar-refractivity contribution in [2.24, 2.45) is 0 Å². The smallest absolute Gasteiger partial charge is 0.411 e. The molecule has 0 bridgehead atoms.